The maximum Gasteiger partial charge on any atom is 0.238 e. The fraction of sp³-hybridized carbons (Fsp3) is 0.160. The first-order valence-corrected chi connectivity index (χ1v) is 12.5. The monoisotopic (exact) mass is 474 g/mol. The van der Waals surface area contributed by atoms with Gasteiger partial charge in [-0.2, -0.15) is 15.0 Å². The maximum atomic E-state index is 11.4. The fourth-order valence-corrected chi connectivity index (χ4v) is 3.92. The summed E-state index contributed by atoms with van der Waals surface area (Å²) in [5, 5.41) is 11.7. The first kappa shape index (κ1) is 23.3. The van der Waals surface area contributed by atoms with Gasteiger partial charge in [-0.1, -0.05) is 61.5 Å². The van der Waals surface area contributed by atoms with Gasteiger partial charge in [0.1, 0.15) is 5.82 Å². The molecule has 0 aliphatic rings. The van der Waals surface area contributed by atoms with E-state index in [0.29, 0.717) is 24.3 Å². The van der Waals surface area contributed by atoms with Crippen molar-refractivity contribution >= 4 is 27.6 Å². The number of nitrogens with two attached hydrogens (primary N) is 1. The van der Waals surface area contributed by atoms with E-state index in [2.05, 4.69) is 56.8 Å². The summed E-state index contributed by atoms with van der Waals surface area (Å²) >= 11 is 0. The van der Waals surface area contributed by atoms with E-state index in [-0.39, 0.29) is 4.90 Å². The first-order chi connectivity index (χ1) is 16.4. The molecule has 0 aliphatic carbocycles. The highest BCUT2D eigenvalue weighted by Crippen LogP contribution is 2.24. The number of hydrogen-bond donors (Lipinski definition) is 3. The first-order valence-electron chi connectivity index (χ1n) is 10.9. The number of aromatic nitrogens is 3. The van der Waals surface area contributed by atoms with E-state index in [9.17, 15) is 8.42 Å². The second-order valence-corrected chi connectivity index (χ2v) is 9.32. The number of rotatable bonds is 9. The lowest BCUT2D eigenvalue weighted by Gasteiger charge is -2.11. The van der Waals surface area contributed by atoms with E-state index in [1.165, 1.54) is 12.1 Å². The minimum absolute atomic E-state index is 0.0749. The van der Waals surface area contributed by atoms with Crippen LogP contribution in [0.3, 0.4) is 0 Å². The van der Waals surface area contributed by atoms with Crippen molar-refractivity contribution in [2.24, 2.45) is 5.14 Å². The van der Waals surface area contributed by atoms with Gasteiger partial charge < -0.3 is 10.6 Å². The predicted molar refractivity (Wildman–Crippen MR) is 134 cm³/mol. The zero-order valence-electron chi connectivity index (χ0n) is 18.8. The van der Waals surface area contributed by atoms with Crippen LogP contribution in [0.2, 0.25) is 0 Å². The summed E-state index contributed by atoms with van der Waals surface area (Å²) in [6.07, 6.45) is 1.63. The molecule has 3 aromatic carbocycles. The number of aryl methyl sites for hydroxylation is 1. The molecule has 0 aliphatic heterocycles. The molecular weight excluding hydrogens is 448 g/mol. The average Bonchev–Trinajstić information content (AvgIpc) is 2.83. The van der Waals surface area contributed by atoms with E-state index in [0.717, 1.165) is 35.2 Å². The smallest absolute Gasteiger partial charge is 0.238 e. The highest BCUT2D eigenvalue weighted by atomic mass is 32.2. The molecule has 0 fully saturated rings. The molecular formula is C25H26N6O2S. The summed E-state index contributed by atoms with van der Waals surface area (Å²) < 4.78 is 22.9. The van der Waals surface area contributed by atoms with Gasteiger partial charge in [-0.15, -0.1) is 0 Å². The lowest BCUT2D eigenvalue weighted by Crippen LogP contribution is -2.12. The molecule has 4 aromatic rings. The lowest BCUT2D eigenvalue weighted by atomic mass is 10.1. The van der Waals surface area contributed by atoms with E-state index in [1.54, 1.807) is 12.1 Å². The molecule has 4 rings (SSSR count). The molecule has 0 atom stereocenters. The van der Waals surface area contributed by atoms with E-state index in [4.69, 9.17) is 5.14 Å². The molecule has 4 N–H and O–H groups in total. The molecule has 0 unspecified atom stereocenters. The van der Waals surface area contributed by atoms with Gasteiger partial charge in [0, 0.05) is 18.7 Å². The number of nitrogens with one attached hydrogen (secondary N) is 2. The second kappa shape index (κ2) is 10.4. The molecule has 1 heterocycles. The Labute approximate surface area is 199 Å². The van der Waals surface area contributed by atoms with Crippen LogP contribution in [-0.2, 0) is 23.0 Å². The number of nitrogens with zero attached hydrogens (tertiary/aromatic N) is 3. The molecule has 0 amide bonds. The van der Waals surface area contributed by atoms with Crippen molar-refractivity contribution in [3.63, 3.8) is 0 Å². The van der Waals surface area contributed by atoms with E-state index >= 15 is 0 Å². The minimum atomic E-state index is -3.72. The third-order valence-electron chi connectivity index (χ3n) is 5.08. The quantitative estimate of drug-likeness (QED) is 0.326. The number of hydrogen-bond acceptors (Lipinski definition) is 7. The largest absolute Gasteiger partial charge is 0.350 e. The topological polar surface area (TPSA) is 123 Å². The van der Waals surface area contributed by atoms with Crippen molar-refractivity contribution in [3.05, 3.63) is 90.3 Å². The van der Waals surface area contributed by atoms with Crippen LogP contribution in [0.5, 0.6) is 0 Å². The van der Waals surface area contributed by atoms with Gasteiger partial charge in [-0.05, 0) is 47.4 Å². The second-order valence-electron chi connectivity index (χ2n) is 7.76. The number of anilines is 3. The van der Waals surface area contributed by atoms with Crippen molar-refractivity contribution in [1.82, 2.24) is 15.0 Å². The number of sulfonamides is 1. The third kappa shape index (κ3) is 6.15. The highest BCUT2D eigenvalue weighted by Gasteiger charge is 2.09. The molecule has 0 spiro atoms. The van der Waals surface area contributed by atoms with Gasteiger partial charge in [-0.3, -0.25) is 0 Å². The van der Waals surface area contributed by atoms with Crippen molar-refractivity contribution in [1.29, 1.82) is 0 Å². The summed E-state index contributed by atoms with van der Waals surface area (Å²) in [6.45, 7) is 2.49. The zero-order chi connectivity index (χ0) is 24.0. The van der Waals surface area contributed by atoms with Crippen LogP contribution in [0.15, 0.2) is 83.8 Å². The minimum Gasteiger partial charge on any atom is -0.350 e. The van der Waals surface area contributed by atoms with Gasteiger partial charge in [0.2, 0.25) is 21.9 Å². The molecule has 34 heavy (non-hydrogen) atoms. The third-order valence-corrected chi connectivity index (χ3v) is 6.01. The maximum absolute atomic E-state index is 11.4. The van der Waals surface area contributed by atoms with Gasteiger partial charge in [-0.25, -0.2) is 13.6 Å². The summed E-state index contributed by atoms with van der Waals surface area (Å²) in [4.78, 5) is 13.7. The van der Waals surface area contributed by atoms with Crippen LogP contribution in [0.1, 0.15) is 24.7 Å². The van der Waals surface area contributed by atoms with Gasteiger partial charge in [0.05, 0.1) is 4.90 Å². The summed E-state index contributed by atoms with van der Waals surface area (Å²) in [6, 6.07) is 24.6. The highest BCUT2D eigenvalue weighted by molar-refractivity contribution is 7.89. The number of benzene rings is 3. The molecule has 0 saturated carbocycles. The van der Waals surface area contributed by atoms with Crippen molar-refractivity contribution in [3.8, 4) is 11.1 Å². The molecule has 0 radical (unpaired) electrons. The number of primary sulfonamides is 1. The van der Waals surface area contributed by atoms with Crippen LogP contribution < -0.4 is 15.8 Å². The molecule has 9 heteroatoms. The van der Waals surface area contributed by atoms with Crippen LogP contribution >= 0.6 is 0 Å². The van der Waals surface area contributed by atoms with Crippen LogP contribution in [0.25, 0.3) is 11.1 Å². The van der Waals surface area contributed by atoms with E-state index < -0.39 is 10.0 Å². The SMILES string of the molecule is CCCc1nc(NCc2ccc(S(N)(=O)=O)cc2)nc(Nc2cccc(-c3ccccc3)c2)n1. The normalized spacial score (nSPS) is 11.2. The van der Waals surface area contributed by atoms with Crippen LogP contribution in [-0.4, -0.2) is 23.4 Å². The Morgan fingerprint density at radius 3 is 2.24 bits per heavy atom. The summed E-state index contributed by atoms with van der Waals surface area (Å²) in [7, 11) is -3.72. The molecule has 1 aromatic heterocycles. The Hall–Kier alpha value is -3.82. The van der Waals surface area contributed by atoms with Crippen molar-refractivity contribution in [2.45, 2.75) is 31.2 Å². The van der Waals surface area contributed by atoms with Crippen LogP contribution in [0.4, 0.5) is 17.6 Å². The van der Waals surface area contributed by atoms with Crippen LogP contribution in [0, 0.1) is 0 Å². The molecule has 0 saturated heterocycles. The van der Waals surface area contributed by atoms with Crippen molar-refractivity contribution in [2.75, 3.05) is 10.6 Å². The Bertz CT molecular complexity index is 1360. The lowest BCUT2D eigenvalue weighted by molar-refractivity contribution is 0.598. The predicted octanol–water partition coefficient (Wildman–Crippen LogP) is 4.49. The molecule has 0 bridgehead atoms. The fourth-order valence-electron chi connectivity index (χ4n) is 3.40. The molecule has 8 nitrogen and oxygen atoms in total. The Morgan fingerprint density at radius 1 is 0.824 bits per heavy atom. The Morgan fingerprint density at radius 2 is 1.53 bits per heavy atom. The molecule has 174 valence electrons. The standard InChI is InChI=1S/C25H26N6O2S/c1-2-7-23-29-24(27-17-18-12-14-22(15-13-18)34(26,32)33)31-25(30-23)28-21-11-6-10-20(16-21)19-8-4-3-5-9-19/h3-6,8-16H,2,7,17H2,1H3,(H2,26,32,33)(H2,27,28,29,30,31). The van der Waals surface area contributed by atoms with Gasteiger partial charge >= 0.3 is 0 Å². The Balaban J connectivity index is 1.52. The average molecular weight is 475 g/mol. The Kier molecular flexibility index (Phi) is 7.15. The summed E-state index contributed by atoms with van der Waals surface area (Å²) in [5.41, 5.74) is 3.97. The van der Waals surface area contributed by atoms with Gasteiger partial charge in [0.15, 0.2) is 0 Å². The van der Waals surface area contributed by atoms with Crippen molar-refractivity contribution < 1.29 is 8.42 Å². The summed E-state index contributed by atoms with van der Waals surface area (Å²) in [5.74, 6) is 1.58. The zero-order valence-corrected chi connectivity index (χ0v) is 19.6. The van der Waals surface area contributed by atoms with Gasteiger partial charge in [0.25, 0.3) is 0 Å². The van der Waals surface area contributed by atoms with E-state index in [1.807, 2.05) is 30.3 Å².